The van der Waals surface area contributed by atoms with Gasteiger partial charge in [0.15, 0.2) is 0 Å². The molecule has 0 aromatic heterocycles. The van der Waals surface area contributed by atoms with Crippen LogP contribution in [-0.2, 0) is 6.54 Å². The van der Waals surface area contributed by atoms with E-state index in [4.69, 9.17) is 5.73 Å². The summed E-state index contributed by atoms with van der Waals surface area (Å²) in [5, 5.41) is 0. The zero-order valence-corrected chi connectivity index (χ0v) is 12.1. The quantitative estimate of drug-likeness (QED) is 0.888. The molecule has 2 atom stereocenters. The molecule has 1 aliphatic carbocycles. The highest BCUT2D eigenvalue weighted by Gasteiger charge is 2.40. The van der Waals surface area contributed by atoms with Gasteiger partial charge in [0.05, 0.1) is 0 Å². The van der Waals surface area contributed by atoms with Gasteiger partial charge in [-0.15, -0.1) is 0 Å². The van der Waals surface area contributed by atoms with Crippen molar-refractivity contribution in [2.24, 2.45) is 11.1 Å². The van der Waals surface area contributed by atoms with Crippen LogP contribution in [0.25, 0.3) is 0 Å². The average molecular weight is 246 g/mol. The van der Waals surface area contributed by atoms with Crippen LogP contribution in [0.5, 0.6) is 0 Å². The summed E-state index contributed by atoms with van der Waals surface area (Å²) in [6.45, 7) is 7.72. The second kappa shape index (κ2) is 5.02. The molecule has 2 rings (SSSR count). The van der Waals surface area contributed by atoms with Gasteiger partial charge < -0.3 is 5.73 Å². The van der Waals surface area contributed by atoms with Crippen LogP contribution in [-0.4, -0.2) is 24.0 Å². The summed E-state index contributed by atoms with van der Waals surface area (Å²) >= 11 is 0. The third kappa shape index (κ3) is 2.76. The highest BCUT2D eigenvalue weighted by molar-refractivity contribution is 5.22. The van der Waals surface area contributed by atoms with E-state index in [1.54, 1.807) is 0 Å². The molecule has 1 aromatic carbocycles. The maximum Gasteiger partial charge on any atom is 0.0253 e. The lowest BCUT2D eigenvalue weighted by Gasteiger charge is -2.32. The topological polar surface area (TPSA) is 29.3 Å². The molecule has 100 valence electrons. The maximum absolute atomic E-state index is 6.40. The molecule has 0 aliphatic heterocycles. The van der Waals surface area contributed by atoms with Crippen molar-refractivity contribution < 1.29 is 0 Å². The van der Waals surface area contributed by atoms with Gasteiger partial charge in [-0.3, -0.25) is 4.90 Å². The lowest BCUT2D eigenvalue weighted by molar-refractivity contribution is 0.191. The molecule has 1 aromatic rings. The normalized spacial score (nSPS) is 26.8. The van der Waals surface area contributed by atoms with Crippen molar-refractivity contribution in [1.29, 1.82) is 0 Å². The summed E-state index contributed by atoms with van der Waals surface area (Å²) in [7, 11) is 2.20. The number of rotatable bonds is 3. The molecule has 2 N–H and O–H groups in total. The summed E-state index contributed by atoms with van der Waals surface area (Å²) in [5.74, 6) is 0. The molecule has 2 unspecified atom stereocenters. The fourth-order valence-electron chi connectivity index (χ4n) is 3.10. The monoisotopic (exact) mass is 246 g/mol. The number of nitrogens with two attached hydrogens (primary N) is 1. The Bertz CT molecular complexity index is 411. The van der Waals surface area contributed by atoms with Crippen LogP contribution < -0.4 is 5.73 Å². The second-order valence-electron chi connectivity index (χ2n) is 6.52. The molecule has 1 aliphatic rings. The first-order valence-electron chi connectivity index (χ1n) is 6.91. The van der Waals surface area contributed by atoms with Gasteiger partial charge >= 0.3 is 0 Å². The van der Waals surface area contributed by atoms with Crippen molar-refractivity contribution in [3.63, 3.8) is 0 Å². The van der Waals surface area contributed by atoms with Crippen molar-refractivity contribution in [3.05, 3.63) is 35.4 Å². The first kappa shape index (κ1) is 13.6. The fraction of sp³-hybridized carbons (Fsp3) is 0.625. The third-order valence-electron chi connectivity index (χ3n) is 4.48. The minimum atomic E-state index is 0.283. The zero-order chi connectivity index (χ0) is 13.3. The molecule has 2 nitrogen and oxygen atoms in total. The van der Waals surface area contributed by atoms with E-state index in [2.05, 4.69) is 57.0 Å². The summed E-state index contributed by atoms with van der Waals surface area (Å²) in [4.78, 5) is 2.42. The fourth-order valence-corrected chi connectivity index (χ4v) is 3.10. The van der Waals surface area contributed by atoms with Crippen molar-refractivity contribution in [2.75, 3.05) is 7.05 Å². The molecule has 0 radical (unpaired) electrons. The standard InChI is InChI=1S/C16H26N2/c1-12-6-5-7-13(10-12)11-18(4)14-8-9-16(2,3)15(14)17/h5-7,10,14-15H,8-9,11,17H2,1-4H3. The van der Waals surface area contributed by atoms with Crippen LogP contribution in [0.2, 0.25) is 0 Å². The van der Waals surface area contributed by atoms with Gasteiger partial charge in [0.2, 0.25) is 0 Å². The first-order valence-corrected chi connectivity index (χ1v) is 6.91. The van der Waals surface area contributed by atoms with Crippen LogP contribution in [0, 0.1) is 12.3 Å². The second-order valence-corrected chi connectivity index (χ2v) is 6.52. The Balaban J connectivity index is 2.03. The number of hydrogen-bond acceptors (Lipinski definition) is 2. The van der Waals surface area contributed by atoms with Crippen molar-refractivity contribution in [3.8, 4) is 0 Å². The Hall–Kier alpha value is -0.860. The molecule has 1 fully saturated rings. The minimum Gasteiger partial charge on any atom is -0.326 e. The molecule has 0 heterocycles. The SMILES string of the molecule is Cc1cccc(CN(C)C2CCC(C)(C)C2N)c1. The molecule has 0 bridgehead atoms. The number of aryl methyl sites for hydroxylation is 1. The number of benzene rings is 1. The maximum atomic E-state index is 6.40. The van der Waals surface area contributed by atoms with Gasteiger partial charge in [-0.05, 0) is 37.8 Å². The van der Waals surface area contributed by atoms with E-state index in [1.165, 1.54) is 24.0 Å². The summed E-state index contributed by atoms with van der Waals surface area (Å²) in [5.41, 5.74) is 9.40. The highest BCUT2D eigenvalue weighted by atomic mass is 15.2. The molecule has 1 saturated carbocycles. The number of nitrogens with zero attached hydrogens (tertiary/aromatic N) is 1. The summed E-state index contributed by atoms with van der Waals surface area (Å²) in [6, 6.07) is 9.55. The van der Waals surface area contributed by atoms with E-state index >= 15 is 0 Å². The van der Waals surface area contributed by atoms with Gasteiger partial charge in [-0.1, -0.05) is 43.7 Å². The molecular weight excluding hydrogens is 220 g/mol. The van der Waals surface area contributed by atoms with Crippen molar-refractivity contribution in [1.82, 2.24) is 4.90 Å². The number of likely N-dealkylation sites (N-methyl/N-ethyl adjacent to an activating group) is 1. The Labute approximate surface area is 111 Å². The van der Waals surface area contributed by atoms with E-state index in [0.29, 0.717) is 6.04 Å². The van der Waals surface area contributed by atoms with Crippen LogP contribution >= 0.6 is 0 Å². The number of hydrogen-bond donors (Lipinski definition) is 1. The molecule has 0 spiro atoms. The molecular formula is C16H26N2. The van der Waals surface area contributed by atoms with Crippen LogP contribution in [0.15, 0.2) is 24.3 Å². The Morgan fingerprint density at radius 1 is 1.39 bits per heavy atom. The first-order chi connectivity index (χ1) is 8.40. The minimum absolute atomic E-state index is 0.283. The molecule has 2 heteroatoms. The van der Waals surface area contributed by atoms with E-state index in [-0.39, 0.29) is 11.5 Å². The Morgan fingerprint density at radius 3 is 2.67 bits per heavy atom. The molecule has 0 saturated heterocycles. The molecule has 18 heavy (non-hydrogen) atoms. The van der Waals surface area contributed by atoms with E-state index in [0.717, 1.165) is 6.54 Å². The zero-order valence-electron chi connectivity index (χ0n) is 12.1. The lowest BCUT2D eigenvalue weighted by atomic mass is 9.87. The van der Waals surface area contributed by atoms with Crippen LogP contribution in [0.4, 0.5) is 0 Å². The van der Waals surface area contributed by atoms with Gasteiger partial charge in [-0.2, -0.15) is 0 Å². The van der Waals surface area contributed by atoms with Crippen molar-refractivity contribution >= 4 is 0 Å². The van der Waals surface area contributed by atoms with E-state index < -0.39 is 0 Å². The van der Waals surface area contributed by atoms with Crippen molar-refractivity contribution in [2.45, 2.75) is 52.2 Å². The van der Waals surface area contributed by atoms with E-state index in [9.17, 15) is 0 Å². The predicted octanol–water partition coefficient (Wildman–Crippen LogP) is 2.94. The summed E-state index contributed by atoms with van der Waals surface area (Å²) in [6.07, 6.45) is 2.45. The lowest BCUT2D eigenvalue weighted by Crippen LogP contribution is -2.47. The van der Waals surface area contributed by atoms with Gasteiger partial charge in [0.1, 0.15) is 0 Å². The molecule has 0 amide bonds. The third-order valence-corrected chi connectivity index (χ3v) is 4.48. The van der Waals surface area contributed by atoms with E-state index in [1.807, 2.05) is 0 Å². The highest BCUT2D eigenvalue weighted by Crippen LogP contribution is 2.38. The largest absolute Gasteiger partial charge is 0.326 e. The Kier molecular flexibility index (Phi) is 3.79. The van der Waals surface area contributed by atoms with Crippen LogP contribution in [0.1, 0.15) is 37.8 Å². The Morgan fingerprint density at radius 2 is 2.11 bits per heavy atom. The van der Waals surface area contributed by atoms with Gasteiger partial charge in [0, 0.05) is 18.6 Å². The summed E-state index contributed by atoms with van der Waals surface area (Å²) < 4.78 is 0. The van der Waals surface area contributed by atoms with Crippen LogP contribution in [0.3, 0.4) is 0 Å². The predicted molar refractivity (Wildman–Crippen MR) is 77.4 cm³/mol. The smallest absolute Gasteiger partial charge is 0.0253 e. The average Bonchev–Trinajstić information content (AvgIpc) is 2.54. The van der Waals surface area contributed by atoms with Gasteiger partial charge in [-0.25, -0.2) is 0 Å². The van der Waals surface area contributed by atoms with Gasteiger partial charge in [0.25, 0.3) is 0 Å².